The third kappa shape index (κ3) is 3.61. The molecule has 0 bridgehead atoms. The number of methoxy groups -OCH3 is 1. The number of halogens is 1. The van der Waals surface area contributed by atoms with Crippen molar-refractivity contribution in [1.82, 2.24) is 19.7 Å². The lowest BCUT2D eigenvalue weighted by Crippen LogP contribution is -2.11. The largest absolute Gasteiger partial charge is 0.483 e. The zero-order valence-corrected chi connectivity index (χ0v) is 12.0. The lowest BCUT2D eigenvalue weighted by Gasteiger charge is -2.06. The summed E-state index contributed by atoms with van der Waals surface area (Å²) in [6, 6.07) is 1.27. The number of carbonyl (C=O) groups excluding carboxylic acids is 1. The van der Waals surface area contributed by atoms with E-state index in [2.05, 4.69) is 20.0 Å². The SMILES string of the molecule is CO/C(N)=C/C=C(\N)n1nc(C(=O)OF)cc1-c1cnccn1. The van der Waals surface area contributed by atoms with Gasteiger partial charge in [0.25, 0.3) is 0 Å². The summed E-state index contributed by atoms with van der Waals surface area (Å²) in [6.45, 7) is 0. The van der Waals surface area contributed by atoms with Gasteiger partial charge in [-0.15, -0.1) is 0 Å². The van der Waals surface area contributed by atoms with Gasteiger partial charge in [-0.2, -0.15) is 5.10 Å². The van der Waals surface area contributed by atoms with Crippen molar-refractivity contribution >= 4 is 11.8 Å². The molecular formula is C13H13FN6O3. The molecule has 0 aromatic carbocycles. The first kappa shape index (κ1) is 15.9. The molecule has 0 aliphatic heterocycles. The standard InChI is InChI=1S/C13H13FN6O3/c1-22-12(16)3-2-11(15)20-10(9-7-17-4-5-18-9)6-8(19-20)13(21)23-14/h2-7H,15-16H2,1H3/b11-2+,12-3+. The second-order valence-corrected chi connectivity index (χ2v) is 4.15. The zero-order chi connectivity index (χ0) is 16.8. The molecule has 0 amide bonds. The summed E-state index contributed by atoms with van der Waals surface area (Å²) >= 11 is 0. The summed E-state index contributed by atoms with van der Waals surface area (Å²) in [4.78, 5) is 22.5. The summed E-state index contributed by atoms with van der Waals surface area (Å²) in [6.07, 6.45) is 7.15. The summed E-state index contributed by atoms with van der Waals surface area (Å²) in [5.74, 6) is -1.05. The van der Waals surface area contributed by atoms with Gasteiger partial charge in [-0.25, -0.2) is 14.4 Å². The lowest BCUT2D eigenvalue weighted by atomic mass is 10.3. The number of carbonyl (C=O) groups is 1. The highest BCUT2D eigenvalue weighted by Gasteiger charge is 2.19. The molecule has 0 spiro atoms. The van der Waals surface area contributed by atoms with Crippen molar-refractivity contribution in [3.63, 3.8) is 0 Å². The third-order valence-electron chi connectivity index (χ3n) is 2.71. The van der Waals surface area contributed by atoms with E-state index in [4.69, 9.17) is 16.2 Å². The molecule has 2 aromatic heterocycles. The van der Waals surface area contributed by atoms with Crippen LogP contribution in [0.3, 0.4) is 0 Å². The Hall–Kier alpha value is -3.43. The van der Waals surface area contributed by atoms with Gasteiger partial charge in [-0.1, -0.05) is 0 Å². The van der Waals surface area contributed by atoms with Crippen LogP contribution in [-0.2, 0) is 9.68 Å². The molecular weight excluding hydrogens is 307 g/mol. The van der Waals surface area contributed by atoms with E-state index in [0.717, 1.165) is 0 Å². The predicted molar refractivity (Wildman–Crippen MR) is 77.5 cm³/mol. The number of allylic oxidation sites excluding steroid dienone is 2. The van der Waals surface area contributed by atoms with Crippen LogP contribution in [0.5, 0.6) is 0 Å². The summed E-state index contributed by atoms with van der Waals surface area (Å²) in [5.41, 5.74) is 11.8. The quantitative estimate of drug-likeness (QED) is 0.604. The molecule has 0 saturated carbocycles. The molecule has 10 heteroatoms. The second-order valence-electron chi connectivity index (χ2n) is 4.15. The fourth-order valence-electron chi connectivity index (χ4n) is 1.64. The molecule has 0 aliphatic rings. The van der Waals surface area contributed by atoms with Gasteiger partial charge in [0.15, 0.2) is 11.6 Å². The minimum absolute atomic E-state index is 0.0866. The molecule has 0 fully saturated rings. The molecule has 120 valence electrons. The van der Waals surface area contributed by atoms with Crippen molar-refractivity contribution < 1.29 is 19.0 Å². The molecule has 23 heavy (non-hydrogen) atoms. The number of hydrogen-bond donors (Lipinski definition) is 2. The van der Waals surface area contributed by atoms with Crippen LogP contribution >= 0.6 is 0 Å². The van der Waals surface area contributed by atoms with E-state index in [9.17, 15) is 9.32 Å². The normalized spacial score (nSPS) is 12.1. The van der Waals surface area contributed by atoms with E-state index >= 15 is 0 Å². The first-order valence-electron chi connectivity index (χ1n) is 6.23. The summed E-state index contributed by atoms with van der Waals surface area (Å²) in [5, 5.41) is 3.89. The van der Waals surface area contributed by atoms with Gasteiger partial charge in [-0.05, 0) is 6.08 Å². The highest BCUT2D eigenvalue weighted by Crippen LogP contribution is 2.20. The molecule has 9 nitrogen and oxygen atoms in total. The Kier molecular flexibility index (Phi) is 4.87. The number of ether oxygens (including phenoxy) is 1. The van der Waals surface area contributed by atoms with E-state index < -0.39 is 5.97 Å². The lowest BCUT2D eigenvalue weighted by molar-refractivity contribution is -0.0793. The Labute approximate surface area is 129 Å². The predicted octanol–water partition coefficient (Wildman–Crippen LogP) is 0.585. The molecule has 0 unspecified atom stereocenters. The molecule has 2 rings (SSSR count). The van der Waals surface area contributed by atoms with E-state index in [0.29, 0.717) is 11.4 Å². The average Bonchev–Trinajstić information content (AvgIpc) is 3.04. The smallest absolute Gasteiger partial charge is 0.399 e. The highest BCUT2D eigenvalue weighted by molar-refractivity contribution is 5.88. The maximum absolute atomic E-state index is 12.1. The Morgan fingerprint density at radius 2 is 2.13 bits per heavy atom. The summed E-state index contributed by atoms with van der Waals surface area (Å²) < 4.78 is 18.1. The molecule has 0 atom stereocenters. The van der Waals surface area contributed by atoms with Gasteiger partial charge < -0.3 is 16.2 Å². The summed E-state index contributed by atoms with van der Waals surface area (Å²) in [7, 11) is 1.39. The van der Waals surface area contributed by atoms with Crippen molar-refractivity contribution in [1.29, 1.82) is 0 Å². The van der Waals surface area contributed by atoms with Crippen LogP contribution in [0.25, 0.3) is 17.2 Å². The van der Waals surface area contributed by atoms with Crippen molar-refractivity contribution in [3.8, 4) is 11.4 Å². The van der Waals surface area contributed by atoms with E-state index in [-0.39, 0.29) is 17.4 Å². The van der Waals surface area contributed by atoms with Crippen LogP contribution in [0.4, 0.5) is 4.53 Å². The molecule has 2 heterocycles. The number of nitrogens with zero attached hydrogens (tertiary/aromatic N) is 4. The van der Waals surface area contributed by atoms with Crippen LogP contribution in [0.15, 0.2) is 42.7 Å². The minimum Gasteiger partial charge on any atom is -0.483 e. The van der Waals surface area contributed by atoms with Crippen LogP contribution < -0.4 is 11.5 Å². The number of aromatic nitrogens is 4. The van der Waals surface area contributed by atoms with Crippen LogP contribution in [-0.4, -0.2) is 32.8 Å². The Bertz CT molecular complexity index is 756. The number of hydrogen-bond acceptors (Lipinski definition) is 8. The van der Waals surface area contributed by atoms with Crippen molar-refractivity contribution in [2.24, 2.45) is 11.5 Å². The monoisotopic (exact) mass is 320 g/mol. The van der Waals surface area contributed by atoms with Gasteiger partial charge in [0, 0.05) is 29.1 Å². The first-order chi connectivity index (χ1) is 11.1. The molecule has 0 aliphatic carbocycles. The van der Waals surface area contributed by atoms with Gasteiger partial charge in [0.1, 0.15) is 11.5 Å². The fraction of sp³-hybridized carbons (Fsp3) is 0.0769. The minimum atomic E-state index is -1.26. The fourth-order valence-corrected chi connectivity index (χ4v) is 1.64. The number of nitrogens with two attached hydrogens (primary N) is 2. The Balaban J connectivity index is 2.53. The van der Waals surface area contributed by atoms with Crippen LogP contribution in [0.2, 0.25) is 0 Å². The maximum atomic E-state index is 12.1. The third-order valence-corrected chi connectivity index (χ3v) is 2.71. The van der Waals surface area contributed by atoms with Gasteiger partial charge in [-0.3, -0.25) is 9.97 Å². The highest BCUT2D eigenvalue weighted by atomic mass is 19.3. The Morgan fingerprint density at radius 3 is 2.74 bits per heavy atom. The molecule has 2 aromatic rings. The molecule has 4 N–H and O–H groups in total. The van der Waals surface area contributed by atoms with Crippen molar-refractivity contribution in [2.45, 2.75) is 0 Å². The topological polar surface area (TPSA) is 131 Å². The number of rotatable bonds is 5. The van der Waals surface area contributed by atoms with Gasteiger partial charge in [0.2, 0.25) is 0 Å². The van der Waals surface area contributed by atoms with Crippen molar-refractivity contribution in [2.75, 3.05) is 7.11 Å². The van der Waals surface area contributed by atoms with E-state index in [1.54, 1.807) is 0 Å². The Morgan fingerprint density at radius 1 is 1.35 bits per heavy atom. The van der Waals surface area contributed by atoms with Gasteiger partial charge in [0.05, 0.1) is 19.0 Å². The van der Waals surface area contributed by atoms with Crippen LogP contribution in [0.1, 0.15) is 10.5 Å². The maximum Gasteiger partial charge on any atom is 0.399 e. The second kappa shape index (κ2) is 7.02. The zero-order valence-electron chi connectivity index (χ0n) is 12.0. The van der Waals surface area contributed by atoms with E-state index in [1.807, 2.05) is 0 Å². The molecule has 0 saturated heterocycles. The van der Waals surface area contributed by atoms with E-state index in [1.165, 1.54) is 48.6 Å². The van der Waals surface area contributed by atoms with Crippen LogP contribution in [0, 0.1) is 0 Å². The average molecular weight is 320 g/mol. The first-order valence-corrected chi connectivity index (χ1v) is 6.23. The van der Waals surface area contributed by atoms with Gasteiger partial charge >= 0.3 is 5.97 Å². The molecule has 0 radical (unpaired) electrons. The van der Waals surface area contributed by atoms with Crippen molar-refractivity contribution in [3.05, 3.63) is 48.4 Å².